The molecule has 2 aromatic rings. The van der Waals surface area contributed by atoms with Crippen molar-refractivity contribution >= 4 is 21.9 Å². The Balaban J connectivity index is 2.36. The highest BCUT2D eigenvalue weighted by Gasteiger charge is 2.19. The number of carbonyl (C=O) groups excluding carboxylic acids is 1. The maximum Gasteiger partial charge on any atom is 0.373 e. The molecule has 4 nitrogen and oxygen atoms in total. The molecule has 0 aliphatic rings. The summed E-state index contributed by atoms with van der Waals surface area (Å²) in [5, 5.41) is 3.03. The Kier molecular flexibility index (Phi) is 4.57. The van der Waals surface area contributed by atoms with Crippen LogP contribution >= 0.6 is 15.9 Å². The van der Waals surface area contributed by atoms with E-state index in [2.05, 4.69) is 26.0 Å². The van der Waals surface area contributed by atoms with Gasteiger partial charge in [0.05, 0.1) is 13.2 Å². The van der Waals surface area contributed by atoms with Crippen molar-refractivity contribution in [2.45, 2.75) is 6.04 Å². The minimum Gasteiger partial charge on any atom is -0.463 e. The Hall–Kier alpha value is -1.66. The number of hydrogen-bond donors (Lipinski definition) is 1. The fourth-order valence-electron chi connectivity index (χ4n) is 1.93. The molecule has 0 saturated heterocycles. The molecule has 106 valence electrons. The topological polar surface area (TPSA) is 51.5 Å². The first-order valence-corrected chi connectivity index (χ1v) is 6.65. The van der Waals surface area contributed by atoms with Crippen LogP contribution in [0.1, 0.15) is 27.9 Å². The van der Waals surface area contributed by atoms with E-state index in [9.17, 15) is 9.18 Å². The SMILES string of the molecule is CNC(c1cc(F)cc(Br)c1)c1ccc(C(=O)OC)o1. The first-order valence-electron chi connectivity index (χ1n) is 5.86. The fraction of sp³-hybridized carbons (Fsp3) is 0.214. The lowest BCUT2D eigenvalue weighted by Crippen LogP contribution is -2.17. The summed E-state index contributed by atoms with van der Waals surface area (Å²) in [6.45, 7) is 0. The monoisotopic (exact) mass is 341 g/mol. The highest BCUT2D eigenvalue weighted by atomic mass is 79.9. The van der Waals surface area contributed by atoms with Gasteiger partial charge in [-0.1, -0.05) is 15.9 Å². The van der Waals surface area contributed by atoms with Gasteiger partial charge in [0, 0.05) is 4.47 Å². The predicted octanol–water partition coefficient (Wildman–Crippen LogP) is 3.28. The van der Waals surface area contributed by atoms with Crippen LogP contribution in [0.3, 0.4) is 0 Å². The molecule has 1 atom stereocenters. The molecule has 1 unspecified atom stereocenters. The number of methoxy groups -OCH3 is 1. The smallest absolute Gasteiger partial charge is 0.373 e. The van der Waals surface area contributed by atoms with Gasteiger partial charge in [-0.2, -0.15) is 0 Å². The molecule has 0 aliphatic carbocycles. The molecule has 0 bridgehead atoms. The van der Waals surface area contributed by atoms with Crippen LogP contribution < -0.4 is 5.32 Å². The van der Waals surface area contributed by atoms with Crippen LogP contribution in [-0.4, -0.2) is 20.1 Å². The number of ether oxygens (including phenoxy) is 1. The lowest BCUT2D eigenvalue weighted by Gasteiger charge is -2.14. The van der Waals surface area contributed by atoms with Crippen molar-refractivity contribution < 1.29 is 18.3 Å². The maximum absolute atomic E-state index is 13.5. The molecule has 0 fully saturated rings. The third-order valence-electron chi connectivity index (χ3n) is 2.80. The van der Waals surface area contributed by atoms with Crippen molar-refractivity contribution in [2.75, 3.05) is 14.2 Å². The van der Waals surface area contributed by atoms with Crippen LogP contribution in [0.25, 0.3) is 0 Å². The molecule has 6 heteroatoms. The molecular formula is C14H13BrFNO3. The molecule has 1 aromatic carbocycles. The maximum atomic E-state index is 13.5. The predicted molar refractivity (Wildman–Crippen MR) is 75.1 cm³/mol. The first kappa shape index (κ1) is 14.7. The van der Waals surface area contributed by atoms with Gasteiger partial charge in [-0.05, 0) is 42.9 Å². The molecule has 1 aromatic heterocycles. The molecule has 0 aliphatic heterocycles. The van der Waals surface area contributed by atoms with Crippen LogP contribution in [0.5, 0.6) is 0 Å². The summed E-state index contributed by atoms with van der Waals surface area (Å²) in [6, 6.07) is 7.39. The normalized spacial score (nSPS) is 12.2. The van der Waals surface area contributed by atoms with E-state index in [1.807, 2.05) is 0 Å². The summed E-state index contributed by atoms with van der Waals surface area (Å²) in [6.07, 6.45) is 0. The molecule has 20 heavy (non-hydrogen) atoms. The summed E-state index contributed by atoms with van der Waals surface area (Å²) < 4.78 is 24.1. The minimum absolute atomic E-state index is 0.109. The van der Waals surface area contributed by atoms with Crippen LogP contribution in [0.4, 0.5) is 4.39 Å². The van der Waals surface area contributed by atoms with Gasteiger partial charge in [-0.3, -0.25) is 0 Å². The van der Waals surface area contributed by atoms with Crippen LogP contribution in [0, 0.1) is 5.82 Å². The van der Waals surface area contributed by atoms with Gasteiger partial charge in [0.2, 0.25) is 5.76 Å². The number of nitrogens with one attached hydrogen (secondary N) is 1. The van der Waals surface area contributed by atoms with E-state index in [-0.39, 0.29) is 17.6 Å². The van der Waals surface area contributed by atoms with Crippen molar-refractivity contribution in [2.24, 2.45) is 0 Å². The van der Waals surface area contributed by atoms with Gasteiger partial charge in [0.15, 0.2) is 0 Å². The summed E-state index contributed by atoms with van der Waals surface area (Å²) in [5.41, 5.74) is 0.685. The molecule has 2 rings (SSSR count). The summed E-state index contributed by atoms with van der Waals surface area (Å²) in [5.74, 6) is -0.287. The van der Waals surface area contributed by atoms with E-state index in [0.717, 1.165) is 0 Å². The Bertz CT molecular complexity index is 606. The second-order valence-corrected chi connectivity index (χ2v) is 5.03. The zero-order valence-corrected chi connectivity index (χ0v) is 12.5. The van der Waals surface area contributed by atoms with Crippen molar-refractivity contribution in [3.05, 3.63) is 57.7 Å². The van der Waals surface area contributed by atoms with Crippen molar-refractivity contribution in [1.29, 1.82) is 0 Å². The number of halogens is 2. The van der Waals surface area contributed by atoms with E-state index >= 15 is 0 Å². The van der Waals surface area contributed by atoms with E-state index in [1.165, 1.54) is 25.3 Å². The fourth-order valence-corrected chi connectivity index (χ4v) is 2.42. The van der Waals surface area contributed by atoms with Gasteiger partial charge in [0.25, 0.3) is 0 Å². The third kappa shape index (κ3) is 3.08. The first-order chi connectivity index (χ1) is 9.55. The highest BCUT2D eigenvalue weighted by molar-refractivity contribution is 9.10. The summed E-state index contributed by atoms with van der Waals surface area (Å²) >= 11 is 3.25. The Morgan fingerprint density at radius 1 is 1.40 bits per heavy atom. The second kappa shape index (κ2) is 6.19. The minimum atomic E-state index is -0.550. The second-order valence-electron chi connectivity index (χ2n) is 4.12. The van der Waals surface area contributed by atoms with E-state index in [0.29, 0.717) is 15.8 Å². The number of furan rings is 1. The Labute approximate surface area is 124 Å². The Morgan fingerprint density at radius 2 is 2.15 bits per heavy atom. The largest absolute Gasteiger partial charge is 0.463 e. The number of esters is 1. The molecule has 1 heterocycles. The average Bonchev–Trinajstić information content (AvgIpc) is 2.87. The van der Waals surface area contributed by atoms with Gasteiger partial charge in [0.1, 0.15) is 11.6 Å². The molecule has 0 amide bonds. The molecule has 0 radical (unpaired) electrons. The van der Waals surface area contributed by atoms with Crippen molar-refractivity contribution in [1.82, 2.24) is 5.32 Å². The lowest BCUT2D eigenvalue weighted by molar-refractivity contribution is 0.0562. The standard InChI is InChI=1S/C14H13BrFNO3/c1-17-13(8-5-9(15)7-10(16)6-8)11-3-4-12(20-11)14(18)19-2/h3-7,13,17H,1-2H3. The zero-order chi connectivity index (χ0) is 14.7. The average molecular weight is 342 g/mol. The van der Waals surface area contributed by atoms with Crippen LogP contribution in [0.2, 0.25) is 0 Å². The quantitative estimate of drug-likeness (QED) is 0.867. The number of rotatable bonds is 4. The summed E-state index contributed by atoms with van der Waals surface area (Å²) in [4.78, 5) is 11.4. The van der Waals surface area contributed by atoms with Crippen LogP contribution in [-0.2, 0) is 4.74 Å². The Morgan fingerprint density at radius 3 is 2.75 bits per heavy atom. The van der Waals surface area contributed by atoms with E-state index in [1.54, 1.807) is 19.2 Å². The van der Waals surface area contributed by atoms with Crippen molar-refractivity contribution in [3.63, 3.8) is 0 Å². The van der Waals surface area contributed by atoms with Gasteiger partial charge in [-0.15, -0.1) is 0 Å². The van der Waals surface area contributed by atoms with Crippen molar-refractivity contribution in [3.8, 4) is 0 Å². The van der Waals surface area contributed by atoms with Gasteiger partial charge >= 0.3 is 5.97 Å². The third-order valence-corrected chi connectivity index (χ3v) is 3.26. The number of benzene rings is 1. The van der Waals surface area contributed by atoms with Gasteiger partial charge in [-0.25, -0.2) is 9.18 Å². The highest BCUT2D eigenvalue weighted by Crippen LogP contribution is 2.27. The molecule has 0 spiro atoms. The van der Waals surface area contributed by atoms with E-state index in [4.69, 9.17) is 4.42 Å². The number of carbonyl (C=O) groups is 1. The van der Waals surface area contributed by atoms with E-state index < -0.39 is 5.97 Å². The number of hydrogen-bond acceptors (Lipinski definition) is 4. The van der Waals surface area contributed by atoms with Gasteiger partial charge < -0.3 is 14.5 Å². The molecular weight excluding hydrogens is 329 g/mol. The molecule has 0 saturated carbocycles. The summed E-state index contributed by atoms with van der Waals surface area (Å²) in [7, 11) is 3.01. The molecule has 1 N–H and O–H groups in total. The lowest BCUT2D eigenvalue weighted by atomic mass is 10.0. The zero-order valence-electron chi connectivity index (χ0n) is 10.9. The van der Waals surface area contributed by atoms with Crippen LogP contribution in [0.15, 0.2) is 39.2 Å².